The first-order valence-corrected chi connectivity index (χ1v) is 8.61. The highest BCUT2D eigenvalue weighted by Crippen LogP contribution is 2.27. The standard InChI is InChI=1S/C19H27N3O3.ClH/c1-5-15-14(13-8-6-7-9-16(13)25-15)11-22(4)17(23)10-21-19(24)18(20)12(2)3;/h6-9,12,18H,5,10-11,20H2,1-4H3,(H,21,24);1H/t18-;/m0./s1. The minimum absolute atomic E-state index is 0. The SMILES string of the molecule is CCc1oc2ccccc2c1CN(C)C(=O)CNC(=O)[C@@H](N)C(C)C.Cl. The molecule has 26 heavy (non-hydrogen) atoms. The Labute approximate surface area is 160 Å². The summed E-state index contributed by atoms with van der Waals surface area (Å²) in [5.74, 6) is 0.431. The average Bonchev–Trinajstić information content (AvgIpc) is 2.96. The lowest BCUT2D eigenvalue weighted by Gasteiger charge is -2.19. The zero-order valence-electron chi connectivity index (χ0n) is 15.7. The van der Waals surface area contributed by atoms with Crippen molar-refractivity contribution in [3.8, 4) is 0 Å². The molecule has 0 bridgehead atoms. The average molecular weight is 382 g/mol. The van der Waals surface area contributed by atoms with Gasteiger partial charge in [-0.1, -0.05) is 39.0 Å². The predicted molar refractivity (Wildman–Crippen MR) is 105 cm³/mol. The minimum atomic E-state index is -0.609. The van der Waals surface area contributed by atoms with E-state index in [-0.39, 0.29) is 36.7 Å². The predicted octanol–water partition coefficient (Wildman–Crippen LogP) is 2.47. The molecule has 0 saturated carbocycles. The fraction of sp³-hybridized carbons (Fsp3) is 0.474. The summed E-state index contributed by atoms with van der Waals surface area (Å²) in [6.45, 7) is 6.14. The molecule has 1 aromatic heterocycles. The molecule has 2 aromatic rings. The molecule has 0 saturated heterocycles. The summed E-state index contributed by atoms with van der Waals surface area (Å²) in [6.07, 6.45) is 0.756. The Morgan fingerprint density at radius 2 is 1.92 bits per heavy atom. The summed E-state index contributed by atoms with van der Waals surface area (Å²) in [6, 6.07) is 7.19. The lowest BCUT2D eigenvalue weighted by atomic mass is 10.1. The van der Waals surface area contributed by atoms with Crippen molar-refractivity contribution in [2.24, 2.45) is 11.7 Å². The second-order valence-corrected chi connectivity index (χ2v) is 6.59. The molecule has 2 amide bonds. The molecular weight excluding hydrogens is 354 g/mol. The van der Waals surface area contributed by atoms with Crippen molar-refractivity contribution in [2.45, 2.75) is 39.8 Å². The van der Waals surface area contributed by atoms with Gasteiger partial charge in [0.05, 0.1) is 12.6 Å². The number of carbonyl (C=O) groups is 2. The fourth-order valence-corrected chi connectivity index (χ4v) is 2.65. The maximum Gasteiger partial charge on any atom is 0.242 e. The number of hydrogen-bond donors (Lipinski definition) is 2. The van der Waals surface area contributed by atoms with Gasteiger partial charge in [0.2, 0.25) is 11.8 Å². The Bertz CT molecular complexity index is 758. The van der Waals surface area contributed by atoms with Crippen LogP contribution in [0, 0.1) is 5.92 Å². The van der Waals surface area contributed by atoms with Crippen LogP contribution in [-0.4, -0.2) is 36.3 Å². The van der Waals surface area contributed by atoms with E-state index in [9.17, 15) is 9.59 Å². The lowest BCUT2D eigenvalue weighted by molar-refractivity contribution is -0.132. The highest BCUT2D eigenvalue weighted by atomic mass is 35.5. The summed E-state index contributed by atoms with van der Waals surface area (Å²) < 4.78 is 5.86. The number of halogens is 1. The molecule has 0 aliphatic rings. The highest BCUT2D eigenvalue weighted by Gasteiger charge is 2.20. The van der Waals surface area contributed by atoms with Crippen LogP contribution < -0.4 is 11.1 Å². The summed E-state index contributed by atoms with van der Waals surface area (Å²) in [4.78, 5) is 25.8. The Morgan fingerprint density at radius 3 is 2.54 bits per heavy atom. The molecule has 1 heterocycles. The normalized spacial score (nSPS) is 11.9. The quantitative estimate of drug-likeness (QED) is 0.771. The number of rotatable bonds is 7. The van der Waals surface area contributed by atoms with Crippen LogP contribution in [0.25, 0.3) is 11.0 Å². The van der Waals surface area contributed by atoms with Crippen molar-refractivity contribution in [1.29, 1.82) is 0 Å². The van der Waals surface area contributed by atoms with Crippen LogP contribution in [0.1, 0.15) is 32.1 Å². The van der Waals surface area contributed by atoms with Crippen molar-refractivity contribution in [1.82, 2.24) is 10.2 Å². The van der Waals surface area contributed by atoms with Crippen LogP contribution in [0.5, 0.6) is 0 Å². The topological polar surface area (TPSA) is 88.6 Å². The van der Waals surface area contributed by atoms with Gasteiger partial charge in [-0.25, -0.2) is 0 Å². The molecule has 7 heteroatoms. The van der Waals surface area contributed by atoms with Crippen LogP contribution in [0.3, 0.4) is 0 Å². The van der Waals surface area contributed by atoms with Gasteiger partial charge in [-0.2, -0.15) is 0 Å². The van der Waals surface area contributed by atoms with Gasteiger partial charge in [0.25, 0.3) is 0 Å². The number of nitrogens with two attached hydrogens (primary N) is 1. The maximum absolute atomic E-state index is 12.3. The number of benzene rings is 1. The van der Waals surface area contributed by atoms with Gasteiger partial charge >= 0.3 is 0 Å². The Morgan fingerprint density at radius 1 is 1.27 bits per heavy atom. The first-order chi connectivity index (χ1) is 11.8. The number of nitrogens with zero attached hydrogens (tertiary/aromatic N) is 1. The van der Waals surface area contributed by atoms with Gasteiger partial charge in [0, 0.05) is 31.0 Å². The van der Waals surface area contributed by atoms with Gasteiger partial charge in [-0.3, -0.25) is 9.59 Å². The maximum atomic E-state index is 12.3. The first-order valence-electron chi connectivity index (χ1n) is 8.61. The molecule has 0 radical (unpaired) electrons. The summed E-state index contributed by atoms with van der Waals surface area (Å²) in [5, 5.41) is 3.63. The molecule has 0 fully saturated rings. The third-order valence-electron chi connectivity index (χ3n) is 4.36. The van der Waals surface area contributed by atoms with E-state index in [1.54, 1.807) is 11.9 Å². The van der Waals surface area contributed by atoms with E-state index in [4.69, 9.17) is 10.2 Å². The van der Waals surface area contributed by atoms with E-state index in [0.717, 1.165) is 28.7 Å². The third-order valence-corrected chi connectivity index (χ3v) is 4.36. The Balaban J connectivity index is 0.00000338. The zero-order chi connectivity index (χ0) is 18.6. The van der Waals surface area contributed by atoms with Crippen LogP contribution in [0.2, 0.25) is 0 Å². The highest BCUT2D eigenvalue weighted by molar-refractivity contribution is 5.88. The van der Waals surface area contributed by atoms with Gasteiger partial charge in [-0.15, -0.1) is 12.4 Å². The van der Waals surface area contributed by atoms with Crippen molar-refractivity contribution in [3.63, 3.8) is 0 Å². The zero-order valence-corrected chi connectivity index (χ0v) is 16.6. The van der Waals surface area contributed by atoms with Gasteiger partial charge < -0.3 is 20.4 Å². The van der Waals surface area contributed by atoms with E-state index in [2.05, 4.69) is 5.32 Å². The number of para-hydroxylation sites is 1. The fourth-order valence-electron chi connectivity index (χ4n) is 2.65. The van der Waals surface area contributed by atoms with E-state index in [1.807, 2.05) is 45.0 Å². The van der Waals surface area contributed by atoms with Crippen LogP contribution >= 0.6 is 12.4 Å². The molecule has 0 spiro atoms. The molecule has 0 aliphatic carbocycles. The van der Waals surface area contributed by atoms with Crippen LogP contribution in [0.15, 0.2) is 28.7 Å². The van der Waals surface area contributed by atoms with Crippen LogP contribution in [-0.2, 0) is 22.6 Å². The van der Waals surface area contributed by atoms with E-state index >= 15 is 0 Å². The smallest absolute Gasteiger partial charge is 0.242 e. The van der Waals surface area contributed by atoms with Gasteiger partial charge in [-0.05, 0) is 12.0 Å². The van der Waals surface area contributed by atoms with Gasteiger partial charge in [0.15, 0.2) is 0 Å². The summed E-state index contributed by atoms with van der Waals surface area (Å²) in [7, 11) is 1.72. The van der Waals surface area contributed by atoms with Crippen LogP contribution in [0.4, 0.5) is 0 Å². The molecule has 0 unspecified atom stereocenters. The lowest BCUT2D eigenvalue weighted by Crippen LogP contribution is -2.47. The van der Waals surface area contributed by atoms with Crippen molar-refractivity contribution >= 4 is 35.2 Å². The second kappa shape index (κ2) is 9.59. The molecule has 1 aromatic carbocycles. The number of furan rings is 1. The van der Waals surface area contributed by atoms with E-state index < -0.39 is 6.04 Å². The molecule has 3 N–H and O–H groups in total. The van der Waals surface area contributed by atoms with Crippen molar-refractivity contribution < 1.29 is 14.0 Å². The van der Waals surface area contributed by atoms with E-state index in [1.165, 1.54) is 0 Å². The van der Waals surface area contributed by atoms with Crippen molar-refractivity contribution in [3.05, 3.63) is 35.6 Å². The number of amides is 2. The summed E-state index contributed by atoms with van der Waals surface area (Å²) >= 11 is 0. The molecular formula is C19H28ClN3O3. The number of hydrogen-bond acceptors (Lipinski definition) is 4. The minimum Gasteiger partial charge on any atom is -0.461 e. The molecule has 1 atom stereocenters. The van der Waals surface area contributed by atoms with E-state index in [0.29, 0.717) is 6.54 Å². The molecule has 6 nitrogen and oxygen atoms in total. The molecule has 2 rings (SSSR count). The summed E-state index contributed by atoms with van der Waals surface area (Å²) in [5.41, 5.74) is 7.62. The Hall–Kier alpha value is -2.05. The number of nitrogens with one attached hydrogen (secondary N) is 1. The third kappa shape index (κ3) is 4.99. The number of carbonyl (C=O) groups excluding carboxylic acids is 2. The number of likely N-dealkylation sites (N-methyl/N-ethyl adjacent to an activating group) is 1. The molecule has 144 valence electrons. The largest absolute Gasteiger partial charge is 0.461 e. The van der Waals surface area contributed by atoms with Crippen molar-refractivity contribution in [2.75, 3.05) is 13.6 Å². The monoisotopic (exact) mass is 381 g/mol. The Kier molecular flexibility index (Phi) is 8.11. The first kappa shape index (κ1) is 22.0. The second-order valence-electron chi connectivity index (χ2n) is 6.59. The number of fused-ring (bicyclic) bond motifs is 1. The van der Waals surface area contributed by atoms with Gasteiger partial charge in [0.1, 0.15) is 11.3 Å². The molecule has 0 aliphatic heterocycles. The number of aryl methyl sites for hydroxylation is 1.